The number of nitrogens with zero attached hydrogens (tertiary/aromatic N) is 3. The molecule has 3 aromatic rings. The minimum atomic E-state index is -0.260. The Kier molecular flexibility index (Phi) is 4.85. The van der Waals surface area contributed by atoms with Crippen LogP contribution in [0.1, 0.15) is 34.3 Å². The molecule has 2 heterocycles. The highest BCUT2D eigenvalue weighted by atomic mass is 16.1. The lowest BCUT2D eigenvalue weighted by molar-refractivity contribution is -0.111. The van der Waals surface area contributed by atoms with Crippen LogP contribution in [-0.4, -0.2) is 26.5 Å². The molecule has 0 saturated heterocycles. The summed E-state index contributed by atoms with van der Waals surface area (Å²) in [5.74, 6) is -0.117. The highest BCUT2D eigenvalue weighted by Crippen LogP contribution is 2.25. The molecule has 6 nitrogen and oxygen atoms in total. The topological polar surface area (TPSA) is 76.9 Å². The van der Waals surface area contributed by atoms with Crippen molar-refractivity contribution in [3.05, 3.63) is 71.8 Å². The van der Waals surface area contributed by atoms with Crippen LogP contribution in [0.2, 0.25) is 0 Å². The predicted octanol–water partition coefficient (Wildman–Crippen LogP) is 3.65. The summed E-state index contributed by atoms with van der Waals surface area (Å²) in [5, 5.41) is 7.02. The lowest BCUT2D eigenvalue weighted by Crippen LogP contribution is -2.13. The molecule has 0 aliphatic heterocycles. The summed E-state index contributed by atoms with van der Waals surface area (Å²) in [6.07, 6.45) is 12.7. The van der Waals surface area contributed by atoms with E-state index in [-0.39, 0.29) is 11.7 Å². The molecule has 0 fully saturated rings. The van der Waals surface area contributed by atoms with E-state index in [2.05, 4.69) is 15.4 Å². The first-order chi connectivity index (χ1) is 13.6. The molecule has 1 aliphatic carbocycles. The average molecular weight is 372 g/mol. The number of ketones is 1. The summed E-state index contributed by atoms with van der Waals surface area (Å²) in [6, 6.07) is 7.43. The van der Waals surface area contributed by atoms with Gasteiger partial charge in [0.25, 0.3) is 0 Å². The van der Waals surface area contributed by atoms with E-state index in [4.69, 9.17) is 0 Å². The van der Waals surface area contributed by atoms with Crippen molar-refractivity contribution >= 4 is 23.5 Å². The van der Waals surface area contributed by atoms with Gasteiger partial charge in [-0.15, -0.1) is 0 Å². The largest absolute Gasteiger partial charge is 0.322 e. The van der Waals surface area contributed by atoms with Crippen LogP contribution in [0.15, 0.2) is 55.1 Å². The predicted molar refractivity (Wildman–Crippen MR) is 108 cm³/mol. The summed E-state index contributed by atoms with van der Waals surface area (Å²) in [4.78, 5) is 28.6. The number of aromatic nitrogens is 3. The zero-order chi connectivity index (χ0) is 19.5. The number of rotatable bonds is 4. The number of pyridine rings is 1. The van der Waals surface area contributed by atoms with Gasteiger partial charge in [-0.1, -0.05) is 6.07 Å². The molecule has 1 aliphatic rings. The minimum Gasteiger partial charge on any atom is -0.322 e. The summed E-state index contributed by atoms with van der Waals surface area (Å²) in [7, 11) is 1.86. The van der Waals surface area contributed by atoms with E-state index in [1.165, 1.54) is 6.08 Å². The van der Waals surface area contributed by atoms with Gasteiger partial charge in [-0.2, -0.15) is 5.10 Å². The highest BCUT2D eigenvalue weighted by molar-refractivity contribution is 6.04. The van der Waals surface area contributed by atoms with E-state index in [0.29, 0.717) is 12.1 Å². The van der Waals surface area contributed by atoms with Crippen LogP contribution in [0.4, 0.5) is 5.69 Å². The van der Waals surface area contributed by atoms with E-state index in [1.807, 2.05) is 31.4 Å². The van der Waals surface area contributed by atoms with E-state index in [9.17, 15) is 9.59 Å². The van der Waals surface area contributed by atoms with E-state index >= 15 is 0 Å². The first-order valence-corrected chi connectivity index (χ1v) is 9.18. The maximum absolute atomic E-state index is 12.4. The van der Waals surface area contributed by atoms with Gasteiger partial charge in [0.1, 0.15) is 0 Å². The van der Waals surface area contributed by atoms with Crippen molar-refractivity contribution < 1.29 is 9.59 Å². The first kappa shape index (κ1) is 17.9. The van der Waals surface area contributed by atoms with Gasteiger partial charge in [-0.05, 0) is 48.2 Å². The van der Waals surface area contributed by atoms with Crippen molar-refractivity contribution in [2.45, 2.75) is 19.3 Å². The quantitative estimate of drug-likeness (QED) is 0.709. The fraction of sp³-hybridized carbons (Fsp3) is 0.182. The number of hydrogen-bond donors (Lipinski definition) is 1. The number of carbonyl (C=O) groups is 2. The number of fused-ring (bicyclic) bond motifs is 1. The van der Waals surface area contributed by atoms with Gasteiger partial charge in [-0.25, -0.2) is 0 Å². The van der Waals surface area contributed by atoms with Gasteiger partial charge >= 0.3 is 0 Å². The van der Waals surface area contributed by atoms with Crippen molar-refractivity contribution in [2.24, 2.45) is 7.05 Å². The van der Waals surface area contributed by atoms with Crippen LogP contribution in [-0.2, 0) is 18.3 Å². The van der Waals surface area contributed by atoms with Crippen LogP contribution >= 0.6 is 0 Å². The van der Waals surface area contributed by atoms with Crippen LogP contribution in [0, 0.1) is 0 Å². The number of benzene rings is 1. The SMILES string of the molecule is Cn1cc(-c2ccncc2/C=C/C(=O)Nc2ccc3c(c2)C(=O)CCC3)cn1. The van der Waals surface area contributed by atoms with Crippen molar-refractivity contribution in [1.29, 1.82) is 0 Å². The Morgan fingerprint density at radius 1 is 1.18 bits per heavy atom. The second-order valence-electron chi connectivity index (χ2n) is 6.84. The molecule has 1 aromatic carbocycles. The van der Waals surface area contributed by atoms with Crippen LogP contribution in [0.25, 0.3) is 17.2 Å². The Morgan fingerprint density at radius 2 is 2.07 bits per heavy atom. The monoisotopic (exact) mass is 372 g/mol. The van der Waals surface area contributed by atoms with Crippen LogP contribution in [0.5, 0.6) is 0 Å². The number of hydrogen-bond acceptors (Lipinski definition) is 4. The molecule has 1 N–H and O–H groups in total. The highest BCUT2D eigenvalue weighted by Gasteiger charge is 2.17. The number of anilines is 1. The fourth-order valence-electron chi connectivity index (χ4n) is 3.42. The molecule has 4 rings (SSSR count). The van der Waals surface area contributed by atoms with Crippen molar-refractivity contribution in [2.75, 3.05) is 5.32 Å². The molecule has 0 bridgehead atoms. The van der Waals surface area contributed by atoms with Crippen molar-refractivity contribution in [1.82, 2.24) is 14.8 Å². The molecule has 140 valence electrons. The van der Waals surface area contributed by atoms with Crippen LogP contribution in [0.3, 0.4) is 0 Å². The average Bonchev–Trinajstić information content (AvgIpc) is 3.13. The lowest BCUT2D eigenvalue weighted by Gasteiger charge is -2.15. The minimum absolute atomic E-state index is 0.143. The zero-order valence-corrected chi connectivity index (χ0v) is 15.6. The maximum Gasteiger partial charge on any atom is 0.248 e. The lowest BCUT2D eigenvalue weighted by atomic mass is 9.90. The molecule has 0 saturated carbocycles. The number of nitrogens with one attached hydrogen (secondary N) is 1. The molecule has 0 radical (unpaired) electrons. The molecular weight excluding hydrogens is 352 g/mol. The third-order valence-electron chi connectivity index (χ3n) is 4.81. The molecule has 0 unspecified atom stereocenters. The zero-order valence-electron chi connectivity index (χ0n) is 15.6. The van der Waals surface area contributed by atoms with Gasteiger partial charge in [0.2, 0.25) is 5.91 Å². The van der Waals surface area contributed by atoms with Gasteiger partial charge in [0.15, 0.2) is 5.78 Å². The van der Waals surface area contributed by atoms with E-state index < -0.39 is 0 Å². The molecule has 6 heteroatoms. The molecule has 28 heavy (non-hydrogen) atoms. The van der Waals surface area contributed by atoms with Crippen molar-refractivity contribution in [3.63, 3.8) is 0 Å². The summed E-state index contributed by atoms with van der Waals surface area (Å²) in [5.41, 5.74) is 5.14. The second kappa shape index (κ2) is 7.60. The normalized spacial score (nSPS) is 13.5. The molecule has 0 atom stereocenters. The second-order valence-corrected chi connectivity index (χ2v) is 6.84. The van der Waals surface area contributed by atoms with Gasteiger partial charge in [0.05, 0.1) is 6.20 Å². The molecule has 1 amide bonds. The van der Waals surface area contributed by atoms with Gasteiger partial charge in [0, 0.05) is 60.5 Å². The summed E-state index contributed by atoms with van der Waals surface area (Å²) in [6.45, 7) is 0. The van der Waals surface area contributed by atoms with Gasteiger partial charge < -0.3 is 5.32 Å². The number of aryl methyl sites for hydroxylation is 2. The Bertz CT molecular complexity index is 1080. The Hall–Kier alpha value is -3.54. The summed E-state index contributed by atoms with van der Waals surface area (Å²) < 4.78 is 1.73. The Morgan fingerprint density at radius 3 is 2.89 bits per heavy atom. The number of Topliss-reactive ketones (excluding diaryl/α,β-unsaturated/α-hetero) is 1. The number of amides is 1. The maximum atomic E-state index is 12.4. The third kappa shape index (κ3) is 3.76. The van der Waals surface area contributed by atoms with E-state index in [0.717, 1.165) is 40.7 Å². The smallest absolute Gasteiger partial charge is 0.248 e. The van der Waals surface area contributed by atoms with Crippen LogP contribution < -0.4 is 5.32 Å². The van der Waals surface area contributed by atoms with Crippen molar-refractivity contribution in [3.8, 4) is 11.1 Å². The molecular formula is C22H20N4O2. The third-order valence-corrected chi connectivity index (χ3v) is 4.81. The fourth-order valence-corrected chi connectivity index (χ4v) is 3.42. The van der Waals surface area contributed by atoms with E-state index in [1.54, 1.807) is 35.4 Å². The van der Waals surface area contributed by atoms with Gasteiger partial charge in [-0.3, -0.25) is 19.3 Å². The molecule has 0 spiro atoms. The first-order valence-electron chi connectivity index (χ1n) is 9.18. The molecule has 2 aromatic heterocycles. The Balaban J connectivity index is 1.51. The Labute approximate surface area is 162 Å². The summed E-state index contributed by atoms with van der Waals surface area (Å²) >= 11 is 0. The number of carbonyl (C=O) groups excluding carboxylic acids is 2. The standard InChI is InChI=1S/C22H20N4O2/c1-26-14-17(13-24-26)19-9-10-23-12-16(19)6-8-22(28)25-18-7-5-15-3-2-4-21(27)20(15)11-18/h5-14H,2-4H2,1H3,(H,25,28)/b8-6+.